The maximum absolute atomic E-state index is 9.25. The third-order valence-corrected chi connectivity index (χ3v) is 2.99. The molecular formula is C15H11ClN2. The lowest BCUT2D eigenvalue weighted by Gasteiger charge is -2.04. The molecule has 1 heterocycles. The maximum atomic E-state index is 9.25. The topological polar surface area (TPSA) is 36.7 Å². The van der Waals surface area contributed by atoms with Crippen molar-refractivity contribution in [3.05, 3.63) is 65.5 Å². The molecule has 0 atom stereocenters. The molecule has 2 aromatic rings. The number of rotatable bonds is 2. The standard InChI is InChI=1S/C15H11ClN2/c1-11-4-6-12(7-5-11)15(16)14(9-17)13-3-2-8-18-10-13/h2-8,10H,1H3/b15-14+. The average molecular weight is 255 g/mol. The lowest BCUT2D eigenvalue weighted by molar-refractivity contribution is 1.31. The van der Waals surface area contributed by atoms with Gasteiger partial charge in [0.05, 0.1) is 10.6 Å². The van der Waals surface area contributed by atoms with E-state index in [2.05, 4.69) is 11.1 Å². The number of halogens is 1. The summed E-state index contributed by atoms with van der Waals surface area (Å²) in [6.45, 7) is 2.01. The predicted octanol–water partition coefficient (Wildman–Crippen LogP) is 4.02. The molecule has 0 spiro atoms. The van der Waals surface area contributed by atoms with Gasteiger partial charge in [0.15, 0.2) is 0 Å². The molecule has 0 saturated heterocycles. The molecule has 0 unspecified atom stereocenters. The Morgan fingerprint density at radius 2 is 1.89 bits per heavy atom. The normalized spacial score (nSPS) is 11.6. The zero-order valence-electron chi connectivity index (χ0n) is 9.89. The summed E-state index contributed by atoms with van der Waals surface area (Å²) in [5.74, 6) is 0. The van der Waals surface area contributed by atoms with Crippen molar-refractivity contribution >= 4 is 22.2 Å². The Morgan fingerprint density at radius 1 is 1.17 bits per heavy atom. The Bertz CT molecular complexity index is 607. The van der Waals surface area contributed by atoms with Crippen molar-refractivity contribution in [2.24, 2.45) is 0 Å². The predicted molar refractivity (Wildman–Crippen MR) is 73.7 cm³/mol. The summed E-state index contributed by atoms with van der Waals surface area (Å²) < 4.78 is 0. The fourth-order valence-electron chi connectivity index (χ4n) is 1.60. The number of nitriles is 1. The minimum atomic E-state index is 0.439. The second-order valence-electron chi connectivity index (χ2n) is 3.91. The molecule has 2 nitrogen and oxygen atoms in total. The Hall–Kier alpha value is -2.11. The van der Waals surface area contributed by atoms with Gasteiger partial charge in [-0.25, -0.2) is 0 Å². The van der Waals surface area contributed by atoms with E-state index in [9.17, 15) is 5.26 Å². The fourth-order valence-corrected chi connectivity index (χ4v) is 1.87. The van der Waals surface area contributed by atoms with Crippen molar-refractivity contribution in [1.29, 1.82) is 5.26 Å². The number of aromatic nitrogens is 1. The number of benzene rings is 1. The largest absolute Gasteiger partial charge is 0.264 e. The van der Waals surface area contributed by atoms with Crippen molar-refractivity contribution in [3.8, 4) is 6.07 Å². The van der Waals surface area contributed by atoms with E-state index in [4.69, 9.17) is 11.6 Å². The number of allylic oxidation sites excluding steroid dienone is 1. The van der Waals surface area contributed by atoms with Crippen LogP contribution in [-0.2, 0) is 0 Å². The second kappa shape index (κ2) is 5.48. The first-order chi connectivity index (χ1) is 8.72. The van der Waals surface area contributed by atoms with E-state index >= 15 is 0 Å². The Labute approximate surface area is 111 Å². The van der Waals surface area contributed by atoms with Gasteiger partial charge in [-0.2, -0.15) is 5.26 Å². The summed E-state index contributed by atoms with van der Waals surface area (Å²) in [5.41, 5.74) is 3.16. The first-order valence-electron chi connectivity index (χ1n) is 5.49. The number of hydrogen-bond acceptors (Lipinski definition) is 2. The maximum Gasteiger partial charge on any atom is 0.101 e. The van der Waals surface area contributed by atoms with Crippen molar-refractivity contribution in [2.45, 2.75) is 6.92 Å². The zero-order valence-corrected chi connectivity index (χ0v) is 10.6. The van der Waals surface area contributed by atoms with Crippen LogP contribution in [-0.4, -0.2) is 4.98 Å². The van der Waals surface area contributed by atoms with Crippen LogP contribution in [0.1, 0.15) is 16.7 Å². The van der Waals surface area contributed by atoms with Crippen LogP contribution in [0.15, 0.2) is 48.8 Å². The van der Waals surface area contributed by atoms with Crippen LogP contribution in [0.4, 0.5) is 0 Å². The summed E-state index contributed by atoms with van der Waals surface area (Å²) in [7, 11) is 0. The fraction of sp³-hybridized carbons (Fsp3) is 0.0667. The number of hydrogen-bond donors (Lipinski definition) is 0. The van der Waals surface area contributed by atoms with E-state index in [1.807, 2.05) is 37.3 Å². The first-order valence-corrected chi connectivity index (χ1v) is 5.87. The van der Waals surface area contributed by atoms with Crippen LogP contribution >= 0.6 is 11.6 Å². The van der Waals surface area contributed by atoms with Gasteiger partial charge in [0.25, 0.3) is 0 Å². The molecule has 88 valence electrons. The highest BCUT2D eigenvalue weighted by Gasteiger charge is 2.09. The molecular weight excluding hydrogens is 244 g/mol. The molecule has 0 aliphatic carbocycles. The molecule has 3 heteroatoms. The van der Waals surface area contributed by atoms with Crippen LogP contribution in [0.5, 0.6) is 0 Å². The molecule has 0 radical (unpaired) electrons. The van der Waals surface area contributed by atoms with Gasteiger partial charge >= 0.3 is 0 Å². The van der Waals surface area contributed by atoms with Gasteiger partial charge in [0, 0.05) is 18.0 Å². The smallest absolute Gasteiger partial charge is 0.101 e. The van der Waals surface area contributed by atoms with E-state index in [0.29, 0.717) is 10.6 Å². The summed E-state index contributed by atoms with van der Waals surface area (Å²) in [6, 6.07) is 13.5. The average Bonchev–Trinajstić information content (AvgIpc) is 2.41. The van der Waals surface area contributed by atoms with E-state index in [1.54, 1.807) is 18.5 Å². The minimum absolute atomic E-state index is 0.439. The third kappa shape index (κ3) is 2.58. The molecule has 0 aliphatic heterocycles. The van der Waals surface area contributed by atoms with E-state index in [-0.39, 0.29) is 0 Å². The highest BCUT2D eigenvalue weighted by atomic mass is 35.5. The quantitative estimate of drug-likeness (QED) is 0.759. The van der Waals surface area contributed by atoms with Gasteiger partial charge in [0.2, 0.25) is 0 Å². The summed E-state index contributed by atoms with van der Waals surface area (Å²) in [5, 5.41) is 9.70. The number of aryl methyl sites for hydroxylation is 1. The Kier molecular flexibility index (Phi) is 3.76. The van der Waals surface area contributed by atoms with Crippen LogP contribution < -0.4 is 0 Å². The number of pyridine rings is 1. The van der Waals surface area contributed by atoms with E-state index in [1.165, 1.54) is 0 Å². The SMILES string of the molecule is Cc1ccc(/C(Cl)=C(/C#N)c2cccnc2)cc1. The van der Waals surface area contributed by atoms with Gasteiger partial charge in [0.1, 0.15) is 6.07 Å². The molecule has 2 rings (SSSR count). The van der Waals surface area contributed by atoms with Crippen molar-refractivity contribution < 1.29 is 0 Å². The molecule has 0 saturated carbocycles. The molecule has 0 aliphatic rings. The molecule has 0 fully saturated rings. The van der Waals surface area contributed by atoms with Crippen LogP contribution in [0.3, 0.4) is 0 Å². The lowest BCUT2D eigenvalue weighted by Crippen LogP contribution is -1.87. The molecule has 0 N–H and O–H groups in total. The van der Waals surface area contributed by atoms with Gasteiger partial charge in [-0.15, -0.1) is 0 Å². The van der Waals surface area contributed by atoms with Crippen molar-refractivity contribution in [3.63, 3.8) is 0 Å². The van der Waals surface area contributed by atoms with E-state index < -0.39 is 0 Å². The molecule has 0 amide bonds. The zero-order chi connectivity index (χ0) is 13.0. The van der Waals surface area contributed by atoms with Gasteiger partial charge < -0.3 is 0 Å². The van der Waals surface area contributed by atoms with Crippen LogP contribution in [0.2, 0.25) is 0 Å². The molecule has 1 aromatic heterocycles. The Balaban J connectivity index is 2.51. The van der Waals surface area contributed by atoms with Crippen LogP contribution in [0.25, 0.3) is 10.6 Å². The van der Waals surface area contributed by atoms with Crippen LogP contribution in [0, 0.1) is 18.3 Å². The monoisotopic (exact) mass is 254 g/mol. The second-order valence-corrected chi connectivity index (χ2v) is 4.29. The summed E-state index contributed by atoms with van der Waals surface area (Å²) >= 11 is 6.29. The third-order valence-electron chi connectivity index (χ3n) is 2.59. The minimum Gasteiger partial charge on any atom is -0.264 e. The first kappa shape index (κ1) is 12.3. The van der Waals surface area contributed by atoms with Gasteiger partial charge in [-0.1, -0.05) is 47.5 Å². The van der Waals surface area contributed by atoms with Crippen molar-refractivity contribution in [2.75, 3.05) is 0 Å². The van der Waals surface area contributed by atoms with E-state index in [0.717, 1.165) is 16.7 Å². The van der Waals surface area contributed by atoms with Gasteiger partial charge in [-0.3, -0.25) is 4.98 Å². The highest BCUT2D eigenvalue weighted by Crippen LogP contribution is 2.28. The Morgan fingerprint density at radius 3 is 2.44 bits per heavy atom. The summed E-state index contributed by atoms with van der Waals surface area (Å²) in [4.78, 5) is 4.00. The molecule has 0 bridgehead atoms. The van der Waals surface area contributed by atoms with Gasteiger partial charge in [-0.05, 0) is 18.6 Å². The lowest BCUT2D eigenvalue weighted by atomic mass is 10.0. The number of nitrogens with zero attached hydrogens (tertiary/aromatic N) is 2. The molecule has 18 heavy (non-hydrogen) atoms. The highest BCUT2D eigenvalue weighted by molar-refractivity contribution is 6.53. The van der Waals surface area contributed by atoms with Crippen molar-refractivity contribution in [1.82, 2.24) is 4.98 Å². The summed E-state index contributed by atoms with van der Waals surface area (Å²) in [6.07, 6.45) is 3.30. The molecule has 1 aromatic carbocycles.